The van der Waals surface area contributed by atoms with E-state index in [1.807, 2.05) is 6.92 Å². The van der Waals surface area contributed by atoms with Gasteiger partial charge in [-0.25, -0.2) is 4.79 Å². The van der Waals surface area contributed by atoms with E-state index in [4.69, 9.17) is 22.1 Å². The molecule has 5 nitrogen and oxygen atoms in total. The maximum absolute atomic E-state index is 12.0. The van der Waals surface area contributed by atoms with Gasteiger partial charge in [0.2, 0.25) is 0 Å². The first-order valence-corrected chi connectivity index (χ1v) is 6.40. The van der Waals surface area contributed by atoms with E-state index in [1.54, 1.807) is 24.9 Å². The van der Waals surface area contributed by atoms with Crippen LogP contribution in [-0.2, 0) is 4.74 Å². The van der Waals surface area contributed by atoms with Crippen LogP contribution in [0.3, 0.4) is 0 Å². The van der Waals surface area contributed by atoms with Crippen molar-refractivity contribution in [1.82, 2.24) is 0 Å². The van der Waals surface area contributed by atoms with Crippen LogP contribution in [0.25, 0.3) is 0 Å². The Morgan fingerprint density at radius 1 is 1.58 bits per heavy atom. The van der Waals surface area contributed by atoms with Crippen LogP contribution in [-0.4, -0.2) is 37.4 Å². The molecule has 19 heavy (non-hydrogen) atoms. The van der Waals surface area contributed by atoms with Gasteiger partial charge in [-0.15, -0.1) is 0 Å². The maximum atomic E-state index is 12.0. The lowest BCUT2D eigenvalue weighted by Crippen LogP contribution is -2.33. The first-order valence-electron chi connectivity index (χ1n) is 6.02. The SMILES string of the molecule is CCOC(=O)c1cc(N)cc(Cl)c1N(C)C(C)CO. The molecular weight excluding hydrogens is 268 g/mol. The van der Waals surface area contributed by atoms with E-state index in [0.717, 1.165) is 0 Å². The number of aliphatic hydroxyl groups is 1. The van der Waals surface area contributed by atoms with Crippen LogP contribution in [0.1, 0.15) is 24.2 Å². The Morgan fingerprint density at radius 2 is 2.21 bits per heavy atom. The lowest BCUT2D eigenvalue weighted by atomic mass is 10.1. The molecule has 0 aliphatic heterocycles. The van der Waals surface area contributed by atoms with Gasteiger partial charge in [-0.05, 0) is 26.0 Å². The number of aliphatic hydroxyl groups excluding tert-OH is 1. The molecule has 106 valence electrons. The number of esters is 1. The summed E-state index contributed by atoms with van der Waals surface area (Å²) in [6.45, 7) is 3.76. The molecule has 0 aliphatic carbocycles. The van der Waals surface area contributed by atoms with Crippen LogP contribution < -0.4 is 10.6 Å². The quantitative estimate of drug-likeness (QED) is 0.639. The van der Waals surface area contributed by atoms with Gasteiger partial charge in [-0.1, -0.05) is 11.6 Å². The second kappa shape index (κ2) is 6.63. The Labute approximate surface area is 117 Å². The van der Waals surface area contributed by atoms with Crippen LogP contribution in [0, 0.1) is 0 Å². The first-order chi connectivity index (χ1) is 8.92. The van der Waals surface area contributed by atoms with Gasteiger partial charge >= 0.3 is 5.97 Å². The number of hydrogen-bond donors (Lipinski definition) is 2. The van der Waals surface area contributed by atoms with Gasteiger partial charge in [0.1, 0.15) is 0 Å². The average molecular weight is 287 g/mol. The molecule has 1 rings (SSSR count). The van der Waals surface area contributed by atoms with Gasteiger partial charge in [0.25, 0.3) is 0 Å². The molecule has 1 unspecified atom stereocenters. The van der Waals surface area contributed by atoms with E-state index >= 15 is 0 Å². The molecular formula is C13H19ClN2O3. The summed E-state index contributed by atoms with van der Waals surface area (Å²) >= 11 is 6.16. The lowest BCUT2D eigenvalue weighted by Gasteiger charge is -2.28. The topological polar surface area (TPSA) is 75.8 Å². The Kier molecular flexibility index (Phi) is 5.44. The summed E-state index contributed by atoms with van der Waals surface area (Å²) in [5, 5.41) is 9.57. The van der Waals surface area contributed by atoms with Crippen molar-refractivity contribution in [3.05, 3.63) is 22.7 Å². The van der Waals surface area contributed by atoms with E-state index in [0.29, 0.717) is 22.0 Å². The highest BCUT2D eigenvalue weighted by Crippen LogP contribution is 2.33. The molecule has 1 aromatic rings. The van der Waals surface area contributed by atoms with Crippen molar-refractivity contribution in [2.24, 2.45) is 0 Å². The van der Waals surface area contributed by atoms with Crippen LogP contribution in [0.15, 0.2) is 12.1 Å². The highest BCUT2D eigenvalue weighted by atomic mass is 35.5. The van der Waals surface area contributed by atoms with Crippen LogP contribution >= 0.6 is 11.6 Å². The zero-order chi connectivity index (χ0) is 14.6. The molecule has 0 radical (unpaired) electrons. The van der Waals surface area contributed by atoms with Gasteiger partial charge in [0, 0.05) is 18.8 Å². The molecule has 3 N–H and O–H groups in total. The van der Waals surface area contributed by atoms with E-state index in [2.05, 4.69) is 0 Å². The Balaban J connectivity index is 3.31. The standard InChI is InChI=1S/C13H19ClN2O3/c1-4-19-13(18)10-5-9(15)6-11(14)12(10)16(3)8(2)7-17/h5-6,8,17H,4,7,15H2,1-3H3. The highest BCUT2D eigenvalue weighted by molar-refractivity contribution is 6.34. The molecule has 0 saturated carbocycles. The summed E-state index contributed by atoms with van der Waals surface area (Å²) in [4.78, 5) is 13.7. The largest absolute Gasteiger partial charge is 0.462 e. The van der Waals surface area contributed by atoms with Crippen molar-refractivity contribution >= 4 is 28.9 Å². The van der Waals surface area contributed by atoms with Crippen molar-refractivity contribution in [3.63, 3.8) is 0 Å². The minimum Gasteiger partial charge on any atom is -0.462 e. The molecule has 0 fully saturated rings. The fourth-order valence-corrected chi connectivity index (χ4v) is 2.05. The monoisotopic (exact) mass is 286 g/mol. The van der Waals surface area contributed by atoms with Crippen molar-refractivity contribution in [2.45, 2.75) is 19.9 Å². The fraction of sp³-hybridized carbons (Fsp3) is 0.462. The summed E-state index contributed by atoms with van der Waals surface area (Å²) in [6, 6.07) is 2.91. The van der Waals surface area contributed by atoms with Crippen molar-refractivity contribution in [3.8, 4) is 0 Å². The third-order valence-corrected chi connectivity index (χ3v) is 3.15. The summed E-state index contributed by atoms with van der Waals surface area (Å²) in [6.07, 6.45) is 0. The molecule has 0 aromatic heterocycles. The Bertz CT molecular complexity index is 465. The summed E-state index contributed by atoms with van der Waals surface area (Å²) in [5.74, 6) is -0.483. The number of rotatable bonds is 5. The number of nitrogens with zero attached hydrogens (tertiary/aromatic N) is 1. The van der Waals surface area contributed by atoms with Gasteiger partial charge in [-0.2, -0.15) is 0 Å². The molecule has 6 heteroatoms. The Morgan fingerprint density at radius 3 is 2.74 bits per heavy atom. The molecule has 0 bridgehead atoms. The number of anilines is 2. The lowest BCUT2D eigenvalue weighted by molar-refractivity contribution is 0.0527. The van der Waals surface area contributed by atoms with E-state index < -0.39 is 5.97 Å². The molecule has 1 aromatic carbocycles. The van der Waals surface area contributed by atoms with E-state index in [1.165, 1.54) is 6.07 Å². The van der Waals surface area contributed by atoms with Crippen LogP contribution in [0.4, 0.5) is 11.4 Å². The second-order valence-electron chi connectivity index (χ2n) is 4.26. The third-order valence-electron chi connectivity index (χ3n) is 2.86. The molecule has 1 atom stereocenters. The predicted molar refractivity (Wildman–Crippen MR) is 76.8 cm³/mol. The average Bonchev–Trinajstić information content (AvgIpc) is 2.36. The molecule has 0 amide bonds. The smallest absolute Gasteiger partial charge is 0.340 e. The number of carbonyl (C=O) groups is 1. The maximum Gasteiger partial charge on any atom is 0.340 e. The number of ether oxygens (including phenoxy) is 1. The number of likely N-dealkylation sites (N-methyl/N-ethyl adjacent to an activating group) is 1. The third kappa shape index (κ3) is 3.52. The number of nitrogens with two attached hydrogens (primary N) is 1. The first kappa shape index (κ1) is 15.6. The van der Waals surface area contributed by atoms with E-state index in [9.17, 15) is 9.90 Å². The van der Waals surface area contributed by atoms with Crippen molar-refractivity contribution in [1.29, 1.82) is 0 Å². The second-order valence-corrected chi connectivity index (χ2v) is 4.67. The molecule has 0 saturated heterocycles. The number of halogens is 1. The zero-order valence-electron chi connectivity index (χ0n) is 11.3. The minimum atomic E-state index is -0.483. The van der Waals surface area contributed by atoms with Gasteiger partial charge in [0.05, 0.1) is 29.5 Å². The number of benzene rings is 1. The summed E-state index contributed by atoms with van der Waals surface area (Å²) in [5.41, 5.74) is 6.91. The molecule has 0 heterocycles. The number of hydrogen-bond acceptors (Lipinski definition) is 5. The molecule has 0 spiro atoms. The van der Waals surface area contributed by atoms with Crippen molar-refractivity contribution < 1.29 is 14.6 Å². The highest BCUT2D eigenvalue weighted by Gasteiger charge is 2.22. The van der Waals surface area contributed by atoms with Crippen LogP contribution in [0.5, 0.6) is 0 Å². The molecule has 0 aliphatic rings. The predicted octanol–water partition coefficient (Wildman–Crippen LogP) is 1.92. The van der Waals surface area contributed by atoms with Crippen LogP contribution in [0.2, 0.25) is 5.02 Å². The fourth-order valence-electron chi connectivity index (χ4n) is 1.69. The number of carbonyl (C=O) groups excluding carboxylic acids is 1. The summed E-state index contributed by atoms with van der Waals surface area (Å²) in [7, 11) is 1.75. The van der Waals surface area contributed by atoms with E-state index in [-0.39, 0.29) is 19.3 Å². The van der Waals surface area contributed by atoms with Crippen molar-refractivity contribution in [2.75, 3.05) is 30.9 Å². The normalized spacial score (nSPS) is 12.1. The zero-order valence-corrected chi connectivity index (χ0v) is 12.1. The Hall–Kier alpha value is -1.46. The van der Waals surface area contributed by atoms with Gasteiger partial charge < -0.3 is 20.5 Å². The number of nitrogen functional groups attached to an aromatic ring is 1. The van der Waals surface area contributed by atoms with Gasteiger partial charge in [-0.3, -0.25) is 0 Å². The summed E-state index contributed by atoms with van der Waals surface area (Å²) < 4.78 is 5.00. The van der Waals surface area contributed by atoms with Gasteiger partial charge in [0.15, 0.2) is 0 Å². The minimum absolute atomic E-state index is 0.0561.